The third kappa shape index (κ3) is 4.04. The number of anilines is 2. The third-order valence-corrected chi connectivity index (χ3v) is 3.57. The molecule has 1 aromatic heterocycles. The molecule has 1 amide bonds. The van der Waals surface area contributed by atoms with Crippen molar-refractivity contribution in [3.05, 3.63) is 12.3 Å². The fourth-order valence-corrected chi connectivity index (χ4v) is 2.31. The molecule has 7 nitrogen and oxygen atoms in total. The Kier molecular flexibility index (Phi) is 5.32. The first-order valence-electron chi connectivity index (χ1n) is 7.29. The van der Waals surface area contributed by atoms with Crippen LogP contribution >= 0.6 is 0 Å². The van der Waals surface area contributed by atoms with Gasteiger partial charge in [0.2, 0.25) is 11.9 Å². The Bertz CT molecular complexity index is 470. The van der Waals surface area contributed by atoms with E-state index in [1.54, 1.807) is 6.20 Å². The van der Waals surface area contributed by atoms with Crippen molar-refractivity contribution in [3.8, 4) is 0 Å². The van der Waals surface area contributed by atoms with Crippen molar-refractivity contribution in [2.24, 2.45) is 0 Å². The first-order valence-corrected chi connectivity index (χ1v) is 7.29. The van der Waals surface area contributed by atoms with E-state index in [4.69, 9.17) is 0 Å². The minimum atomic E-state index is 0.223. The van der Waals surface area contributed by atoms with E-state index in [1.807, 2.05) is 37.0 Å². The standard InChI is InChI=1S/C14H24N6O/c1-15-6-5-13(21)20-10-8-19(9-11-20)12-4-7-16-14(17-12)18(2)3/h4,7,15H,5-6,8-11H2,1-3H3. The van der Waals surface area contributed by atoms with Crippen molar-refractivity contribution in [2.45, 2.75) is 6.42 Å². The van der Waals surface area contributed by atoms with Crippen molar-refractivity contribution in [1.82, 2.24) is 20.2 Å². The monoisotopic (exact) mass is 292 g/mol. The lowest BCUT2D eigenvalue weighted by Crippen LogP contribution is -2.49. The van der Waals surface area contributed by atoms with Crippen LogP contribution in [0.5, 0.6) is 0 Å². The number of rotatable bonds is 5. The number of nitrogens with one attached hydrogen (secondary N) is 1. The Morgan fingerprint density at radius 3 is 2.67 bits per heavy atom. The molecule has 0 spiro atoms. The topological polar surface area (TPSA) is 64.6 Å². The van der Waals surface area contributed by atoms with Crippen LogP contribution in [0.25, 0.3) is 0 Å². The number of carbonyl (C=O) groups excluding carboxylic acids is 1. The number of nitrogens with zero attached hydrogens (tertiary/aromatic N) is 5. The highest BCUT2D eigenvalue weighted by Gasteiger charge is 2.21. The van der Waals surface area contributed by atoms with Gasteiger partial charge in [-0.3, -0.25) is 4.79 Å². The predicted octanol–water partition coefficient (Wildman–Crippen LogP) is -0.199. The first-order chi connectivity index (χ1) is 10.1. The van der Waals surface area contributed by atoms with Gasteiger partial charge < -0.3 is 20.0 Å². The predicted molar refractivity (Wildman–Crippen MR) is 83.7 cm³/mol. The van der Waals surface area contributed by atoms with Crippen molar-refractivity contribution in [3.63, 3.8) is 0 Å². The number of hydrogen-bond acceptors (Lipinski definition) is 6. The van der Waals surface area contributed by atoms with E-state index >= 15 is 0 Å². The molecule has 1 aromatic rings. The van der Waals surface area contributed by atoms with Crippen molar-refractivity contribution < 1.29 is 4.79 Å². The summed E-state index contributed by atoms with van der Waals surface area (Å²) < 4.78 is 0. The van der Waals surface area contributed by atoms with Gasteiger partial charge in [-0.2, -0.15) is 4.98 Å². The van der Waals surface area contributed by atoms with Crippen LogP contribution in [0.1, 0.15) is 6.42 Å². The molecule has 0 aromatic carbocycles. The summed E-state index contributed by atoms with van der Waals surface area (Å²) in [5.41, 5.74) is 0. The van der Waals surface area contributed by atoms with E-state index < -0.39 is 0 Å². The fourth-order valence-electron chi connectivity index (χ4n) is 2.31. The molecule has 1 aliphatic heterocycles. The lowest BCUT2D eigenvalue weighted by molar-refractivity contribution is -0.131. The van der Waals surface area contributed by atoms with Crippen LogP contribution in [0.4, 0.5) is 11.8 Å². The number of aromatic nitrogens is 2. The van der Waals surface area contributed by atoms with E-state index in [9.17, 15) is 4.79 Å². The van der Waals surface area contributed by atoms with Crippen molar-refractivity contribution in [1.29, 1.82) is 0 Å². The Morgan fingerprint density at radius 2 is 2.05 bits per heavy atom. The molecule has 1 aliphatic rings. The third-order valence-electron chi connectivity index (χ3n) is 3.57. The van der Waals surface area contributed by atoms with E-state index in [0.29, 0.717) is 12.4 Å². The van der Waals surface area contributed by atoms with Crippen LogP contribution in [0.3, 0.4) is 0 Å². The molecule has 1 saturated heterocycles. The molecule has 7 heteroatoms. The summed E-state index contributed by atoms with van der Waals surface area (Å²) in [6, 6.07) is 1.92. The molecule has 0 bridgehead atoms. The van der Waals surface area contributed by atoms with Crippen LogP contribution in [-0.2, 0) is 4.79 Å². The lowest BCUT2D eigenvalue weighted by atomic mass is 10.2. The SMILES string of the molecule is CNCCC(=O)N1CCN(c2ccnc(N(C)C)n2)CC1. The van der Waals surface area contributed by atoms with Crippen LogP contribution in [0.2, 0.25) is 0 Å². The zero-order valence-corrected chi connectivity index (χ0v) is 13.0. The van der Waals surface area contributed by atoms with Gasteiger partial charge in [0.25, 0.3) is 0 Å². The second-order valence-electron chi connectivity index (χ2n) is 5.33. The van der Waals surface area contributed by atoms with Gasteiger partial charge in [0, 0.05) is 59.4 Å². The summed E-state index contributed by atoms with van der Waals surface area (Å²) in [6.07, 6.45) is 2.34. The van der Waals surface area contributed by atoms with Gasteiger partial charge in [0.15, 0.2) is 0 Å². The molecule has 0 aliphatic carbocycles. The smallest absolute Gasteiger partial charge is 0.226 e. The minimum Gasteiger partial charge on any atom is -0.353 e. The van der Waals surface area contributed by atoms with Gasteiger partial charge in [-0.15, -0.1) is 0 Å². The lowest BCUT2D eigenvalue weighted by Gasteiger charge is -2.35. The Morgan fingerprint density at radius 1 is 1.33 bits per heavy atom. The van der Waals surface area contributed by atoms with Crippen molar-refractivity contribution in [2.75, 3.05) is 63.7 Å². The highest BCUT2D eigenvalue weighted by molar-refractivity contribution is 5.76. The Balaban J connectivity index is 1.92. The molecule has 1 fully saturated rings. The summed E-state index contributed by atoms with van der Waals surface area (Å²) in [5, 5.41) is 3.01. The maximum absolute atomic E-state index is 12.0. The zero-order chi connectivity index (χ0) is 15.2. The van der Waals surface area contributed by atoms with Gasteiger partial charge in [-0.25, -0.2) is 4.98 Å². The largest absolute Gasteiger partial charge is 0.353 e. The maximum atomic E-state index is 12.0. The molecule has 1 N–H and O–H groups in total. The number of hydrogen-bond donors (Lipinski definition) is 1. The van der Waals surface area contributed by atoms with Gasteiger partial charge in [-0.1, -0.05) is 0 Å². The number of amides is 1. The minimum absolute atomic E-state index is 0.223. The summed E-state index contributed by atoms with van der Waals surface area (Å²) in [4.78, 5) is 26.8. The first kappa shape index (κ1) is 15.5. The van der Waals surface area contributed by atoms with Crippen LogP contribution < -0.4 is 15.1 Å². The fraction of sp³-hybridized carbons (Fsp3) is 0.643. The summed E-state index contributed by atoms with van der Waals surface area (Å²) in [5.74, 6) is 1.86. The molecule has 0 atom stereocenters. The Hall–Kier alpha value is -1.89. The molecule has 2 heterocycles. The van der Waals surface area contributed by atoms with Crippen LogP contribution in [-0.4, -0.2) is 74.6 Å². The normalized spacial score (nSPS) is 15.2. The quantitative estimate of drug-likeness (QED) is 0.811. The molecule has 116 valence electrons. The van der Waals surface area contributed by atoms with E-state index in [0.717, 1.165) is 38.5 Å². The molecule has 21 heavy (non-hydrogen) atoms. The second-order valence-corrected chi connectivity index (χ2v) is 5.33. The van der Waals surface area contributed by atoms with Crippen molar-refractivity contribution >= 4 is 17.7 Å². The van der Waals surface area contributed by atoms with E-state index in [1.165, 1.54) is 0 Å². The molecule has 0 radical (unpaired) electrons. The van der Waals surface area contributed by atoms with Gasteiger partial charge >= 0.3 is 0 Å². The highest BCUT2D eigenvalue weighted by atomic mass is 16.2. The second kappa shape index (κ2) is 7.21. The average Bonchev–Trinajstić information content (AvgIpc) is 2.53. The molecule has 0 saturated carbocycles. The maximum Gasteiger partial charge on any atom is 0.226 e. The molecular weight excluding hydrogens is 268 g/mol. The summed E-state index contributed by atoms with van der Waals surface area (Å²) in [6.45, 7) is 3.87. The summed E-state index contributed by atoms with van der Waals surface area (Å²) >= 11 is 0. The van der Waals surface area contributed by atoms with Gasteiger partial charge in [-0.05, 0) is 13.1 Å². The Labute approximate surface area is 126 Å². The average molecular weight is 292 g/mol. The van der Waals surface area contributed by atoms with E-state index in [-0.39, 0.29) is 5.91 Å². The molecular formula is C14H24N6O. The summed E-state index contributed by atoms with van der Waals surface area (Å²) in [7, 11) is 5.72. The number of piperazine rings is 1. The number of carbonyl (C=O) groups is 1. The van der Waals surface area contributed by atoms with Crippen LogP contribution in [0, 0.1) is 0 Å². The highest BCUT2D eigenvalue weighted by Crippen LogP contribution is 2.16. The van der Waals surface area contributed by atoms with E-state index in [2.05, 4.69) is 20.2 Å². The molecule has 0 unspecified atom stereocenters. The zero-order valence-electron chi connectivity index (χ0n) is 13.0. The molecule has 2 rings (SSSR count). The van der Waals surface area contributed by atoms with Gasteiger partial charge in [0.1, 0.15) is 5.82 Å². The van der Waals surface area contributed by atoms with Gasteiger partial charge in [0.05, 0.1) is 0 Å². The van der Waals surface area contributed by atoms with Crippen LogP contribution in [0.15, 0.2) is 12.3 Å².